The van der Waals surface area contributed by atoms with Gasteiger partial charge in [-0.05, 0) is 111 Å². The van der Waals surface area contributed by atoms with Gasteiger partial charge in [0.05, 0.1) is 5.76 Å². The molecule has 14 heteroatoms. The number of hydrogen-bond donors (Lipinski definition) is 2. The maximum atomic E-state index is 13.1. The van der Waals surface area contributed by atoms with Crippen LogP contribution in [-0.2, 0) is 35.2 Å². The molecule has 1 fully saturated rings. The van der Waals surface area contributed by atoms with E-state index in [0.717, 1.165) is 48.6 Å². The number of carboxylic acid groups (broad SMARTS) is 1. The predicted octanol–water partition coefficient (Wildman–Crippen LogP) is 19.1. The van der Waals surface area contributed by atoms with Crippen molar-refractivity contribution in [3.8, 4) is 0 Å². The van der Waals surface area contributed by atoms with Crippen molar-refractivity contribution in [3.63, 3.8) is 0 Å². The number of carbonyl (C=O) groups is 3. The molecule has 0 amide bonds. The van der Waals surface area contributed by atoms with Crippen LogP contribution < -0.4 is 4.90 Å². The van der Waals surface area contributed by atoms with E-state index in [2.05, 4.69) is 85.1 Å². The minimum Gasteiger partial charge on any atom is -0.513 e. The third kappa shape index (κ3) is 47.3. The minimum absolute atomic E-state index is 0.00451. The molecule has 444 valence electrons. The Hall–Kier alpha value is -5.11. The highest BCUT2D eigenvalue weighted by molar-refractivity contribution is 6.05. The number of furan rings is 1. The monoisotopic (exact) mass is 1080 g/mol. The standard InChI is InChI=1S/C20H21F2N3O4.C8H10.C8H18.C6H12O2.C5H10O2.C3H6O.6C2H6/c21-20(22,19(26)27)8-5-11-28-12-15-23-16-13-6-1-2-7-14(13)29-17(16)18(24-15)25-9-3-4-10-25;1-7-5-3-4-6-8(7)2;1-4-6-8(3)7-5-2;1-5(7)8-6(2,3)4;1-5(2,3)7-4-6;1-3(2)4;6*1-2/h1-2,6-7H,3-5,8-12H2,(H,26,27);3-6H,1-2H3;8H,4-7H2,1-3H3;1-4H3;4H,1-3H3;4H,1H2,2H3;6*1-2H3. The molecule has 4 aromatic rings. The van der Waals surface area contributed by atoms with Gasteiger partial charge in [0, 0.05) is 38.4 Å². The van der Waals surface area contributed by atoms with Crippen LogP contribution in [0.4, 0.5) is 14.6 Å². The zero-order valence-corrected chi connectivity index (χ0v) is 52.8. The number of aliphatic carboxylic acids is 1. The quantitative estimate of drug-likeness (QED) is 0.0565. The van der Waals surface area contributed by atoms with Crippen LogP contribution in [-0.4, -0.2) is 75.4 Å². The summed E-state index contributed by atoms with van der Waals surface area (Å²) in [5.74, 6) is -3.79. The van der Waals surface area contributed by atoms with Gasteiger partial charge in [-0.2, -0.15) is 8.78 Å². The summed E-state index contributed by atoms with van der Waals surface area (Å²) in [4.78, 5) is 41.6. The number of ether oxygens (including phenoxy) is 3. The Labute approximate surface area is 463 Å². The minimum atomic E-state index is -3.74. The van der Waals surface area contributed by atoms with Crippen molar-refractivity contribution in [2.24, 2.45) is 5.92 Å². The highest BCUT2D eigenvalue weighted by atomic mass is 19.3. The largest absolute Gasteiger partial charge is 0.513 e. The van der Waals surface area contributed by atoms with Gasteiger partial charge in [0.25, 0.3) is 6.47 Å². The Morgan fingerprint density at radius 3 is 1.54 bits per heavy atom. The van der Waals surface area contributed by atoms with Gasteiger partial charge < -0.3 is 33.7 Å². The van der Waals surface area contributed by atoms with Crippen LogP contribution in [0.3, 0.4) is 0 Å². The van der Waals surface area contributed by atoms with Crippen LogP contribution in [0.15, 0.2) is 65.3 Å². The molecule has 0 spiro atoms. The van der Waals surface area contributed by atoms with Gasteiger partial charge in [-0.1, -0.05) is 173 Å². The summed E-state index contributed by atoms with van der Waals surface area (Å²) < 4.78 is 47.0. The highest BCUT2D eigenvalue weighted by Gasteiger charge is 2.37. The Kier molecular flexibility index (Phi) is 59.5. The first-order valence-corrected chi connectivity index (χ1v) is 28.1. The molecule has 3 heterocycles. The number of carboxylic acids is 1. The molecule has 2 aromatic heterocycles. The van der Waals surface area contributed by atoms with E-state index in [1.807, 2.05) is 149 Å². The lowest BCUT2D eigenvalue weighted by atomic mass is 10.0. The molecular weight excluding hydrogens is 969 g/mol. The summed E-state index contributed by atoms with van der Waals surface area (Å²) in [5, 5.41) is 17.2. The second-order valence-corrected chi connectivity index (χ2v) is 17.6. The third-order valence-corrected chi connectivity index (χ3v) is 8.82. The number of para-hydroxylation sites is 1. The van der Waals surface area contributed by atoms with Gasteiger partial charge in [0.1, 0.15) is 28.9 Å². The SMILES string of the molecule is C=C(C)O.CC.CC.CC.CC.CC.CC.CC(=O)OC(C)(C)C.CC(C)(C)OC=O.CCCC(C)CCC.Cc1ccccc1C.O=C(O)C(F)(F)CCCOCc1nc(N2CCCC2)c2oc3ccccc3c2n1. The molecule has 1 aliphatic heterocycles. The van der Waals surface area contributed by atoms with Gasteiger partial charge in [-0.25, -0.2) is 14.8 Å². The molecule has 0 radical (unpaired) electrons. The first-order valence-electron chi connectivity index (χ1n) is 28.1. The maximum Gasteiger partial charge on any atom is 0.374 e. The number of aryl methyl sites for hydroxylation is 2. The van der Waals surface area contributed by atoms with Crippen molar-refractivity contribution in [1.82, 2.24) is 9.97 Å². The Morgan fingerprint density at radius 1 is 0.763 bits per heavy atom. The molecule has 0 unspecified atom stereocenters. The van der Waals surface area contributed by atoms with Gasteiger partial charge in [0.2, 0.25) is 0 Å². The van der Waals surface area contributed by atoms with Crippen LogP contribution in [0.5, 0.6) is 0 Å². The van der Waals surface area contributed by atoms with Crippen molar-refractivity contribution >= 4 is 46.3 Å². The average molecular weight is 1080 g/mol. The van der Waals surface area contributed by atoms with E-state index >= 15 is 0 Å². The molecule has 0 saturated carbocycles. The smallest absolute Gasteiger partial charge is 0.374 e. The van der Waals surface area contributed by atoms with Crippen molar-refractivity contribution in [2.75, 3.05) is 24.6 Å². The number of fused-ring (bicyclic) bond motifs is 3. The van der Waals surface area contributed by atoms with E-state index < -0.39 is 18.3 Å². The first kappa shape index (κ1) is 84.8. The number of anilines is 1. The van der Waals surface area contributed by atoms with E-state index in [9.17, 15) is 23.2 Å². The third-order valence-electron chi connectivity index (χ3n) is 8.82. The van der Waals surface area contributed by atoms with E-state index in [1.165, 1.54) is 50.7 Å². The van der Waals surface area contributed by atoms with Crippen LogP contribution in [0.1, 0.15) is 228 Å². The first-order chi connectivity index (χ1) is 35.8. The van der Waals surface area contributed by atoms with Crippen LogP contribution in [0.2, 0.25) is 0 Å². The van der Waals surface area contributed by atoms with Gasteiger partial charge >= 0.3 is 17.9 Å². The molecule has 5 rings (SSSR count). The molecule has 76 heavy (non-hydrogen) atoms. The Morgan fingerprint density at radius 2 is 1.20 bits per heavy atom. The number of carbonyl (C=O) groups excluding carboxylic acids is 2. The Bertz CT molecular complexity index is 1940. The molecule has 1 aliphatic rings. The highest BCUT2D eigenvalue weighted by Crippen LogP contribution is 2.34. The lowest BCUT2D eigenvalue weighted by molar-refractivity contribution is -0.166. The number of nitrogens with zero attached hydrogens (tertiary/aromatic N) is 3. The maximum absolute atomic E-state index is 13.1. The fraction of sp³-hybridized carbons (Fsp3) is 0.661. The molecule has 1 saturated heterocycles. The average Bonchev–Trinajstić information content (AvgIpc) is 4.05. The van der Waals surface area contributed by atoms with E-state index in [-0.39, 0.29) is 42.6 Å². The summed E-state index contributed by atoms with van der Waals surface area (Å²) >= 11 is 0. The summed E-state index contributed by atoms with van der Waals surface area (Å²) in [6.07, 6.45) is 6.83. The lowest BCUT2D eigenvalue weighted by Gasteiger charge is -2.17. The summed E-state index contributed by atoms with van der Waals surface area (Å²) in [5.41, 5.74) is 4.16. The van der Waals surface area contributed by atoms with Crippen molar-refractivity contribution in [1.29, 1.82) is 0 Å². The van der Waals surface area contributed by atoms with Gasteiger partial charge in [-0.15, -0.1) is 0 Å². The molecule has 2 N–H and O–H groups in total. The predicted molar refractivity (Wildman–Crippen MR) is 321 cm³/mol. The number of halogens is 2. The number of allylic oxidation sites excluding steroid dienone is 1. The zero-order valence-electron chi connectivity index (χ0n) is 52.8. The number of aromatic nitrogens is 2. The molecular formula is C62H113F2N3O9. The van der Waals surface area contributed by atoms with Gasteiger partial charge in [-0.3, -0.25) is 9.59 Å². The van der Waals surface area contributed by atoms with Crippen LogP contribution >= 0.6 is 0 Å². The van der Waals surface area contributed by atoms with E-state index in [1.54, 1.807) is 0 Å². The summed E-state index contributed by atoms with van der Waals surface area (Å²) in [6, 6.07) is 16.0. The number of aliphatic hydroxyl groups excluding tert-OH is 1. The Balaban J connectivity index is -0.000000168. The van der Waals surface area contributed by atoms with E-state index in [0.29, 0.717) is 23.4 Å². The van der Waals surface area contributed by atoms with Gasteiger partial charge in [0.15, 0.2) is 17.2 Å². The normalized spacial score (nSPS) is 10.7. The number of rotatable bonds is 13. The number of alkyl halides is 2. The molecule has 0 aliphatic carbocycles. The second-order valence-electron chi connectivity index (χ2n) is 17.6. The molecule has 0 bridgehead atoms. The fourth-order valence-electron chi connectivity index (χ4n) is 5.86. The summed E-state index contributed by atoms with van der Waals surface area (Å²) in [6.45, 7) is 54.4. The molecule has 2 aromatic carbocycles. The molecule has 0 atom stereocenters. The molecule has 12 nitrogen and oxygen atoms in total. The topological polar surface area (TPSA) is 162 Å². The second kappa shape index (κ2) is 53.3. The van der Waals surface area contributed by atoms with Crippen LogP contribution in [0.25, 0.3) is 22.1 Å². The lowest BCUT2D eigenvalue weighted by Crippen LogP contribution is -2.28. The summed E-state index contributed by atoms with van der Waals surface area (Å²) in [7, 11) is 0. The van der Waals surface area contributed by atoms with Crippen molar-refractivity contribution in [3.05, 3.63) is 77.8 Å². The fourth-order valence-corrected chi connectivity index (χ4v) is 5.86. The van der Waals surface area contributed by atoms with Crippen LogP contribution in [0, 0.1) is 19.8 Å². The number of esters is 1. The zero-order chi connectivity index (χ0) is 61.1. The van der Waals surface area contributed by atoms with Crippen molar-refractivity contribution in [2.45, 2.75) is 248 Å². The van der Waals surface area contributed by atoms with Crippen molar-refractivity contribution < 1.29 is 52.0 Å². The number of aliphatic hydroxyl groups is 1. The van der Waals surface area contributed by atoms with E-state index in [4.69, 9.17) is 24.1 Å². The number of benzene rings is 2. The number of hydrogen-bond acceptors (Lipinski definition) is 11.